The third kappa shape index (κ3) is 4.91. The molecule has 0 bridgehead atoms. The molecule has 54 valence electrons. The number of hydrogen-bond acceptors (Lipinski definition) is 1. The highest BCUT2D eigenvalue weighted by Crippen LogP contribution is 1.87. The van der Waals surface area contributed by atoms with Crippen molar-refractivity contribution in [3.63, 3.8) is 0 Å². The first kappa shape index (κ1) is 8.76. The Labute approximate surface area is 62.2 Å². The molecule has 0 radical (unpaired) electrons. The van der Waals surface area contributed by atoms with Crippen LogP contribution in [0.1, 0.15) is 6.92 Å². The molecule has 0 spiro atoms. The molecule has 0 amide bonds. The van der Waals surface area contributed by atoms with E-state index in [1.807, 2.05) is 31.2 Å². The van der Waals surface area contributed by atoms with Crippen LogP contribution in [0.2, 0.25) is 0 Å². The average Bonchev–Trinajstić information content (AvgIpc) is 1.89. The zero-order chi connectivity index (χ0) is 7.82. The van der Waals surface area contributed by atoms with Crippen LogP contribution in [0.3, 0.4) is 0 Å². The standard InChI is InChI=1S/C9H13N/c1-3-5-6-8-9(10)7-4-2/h3-8H,2,10H2,1H3/b5-3-,8-6-,9-7+. The summed E-state index contributed by atoms with van der Waals surface area (Å²) in [5.74, 6) is 0. The van der Waals surface area contributed by atoms with Gasteiger partial charge in [-0.2, -0.15) is 0 Å². The average molecular weight is 135 g/mol. The largest absolute Gasteiger partial charge is 0.399 e. The molecule has 0 aliphatic rings. The maximum atomic E-state index is 5.49. The van der Waals surface area contributed by atoms with Crippen LogP contribution in [-0.2, 0) is 0 Å². The predicted octanol–water partition coefficient (Wildman–Crippen LogP) is 2.15. The zero-order valence-corrected chi connectivity index (χ0v) is 6.25. The number of hydrogen-bond donors (Lipinski definition) is 1. The van der Waals surface area contributed by atoms with Crippen LogP contribution in [-0.4, -0.2) is 0 Å². The molecule has 0 heterocycles. The van der Waals surface area contributed by atoms with E-state index in [0.717, 1.165) is 0 Å². The van der Waals surface area contributed by atoms with Crippen LogP contribution in [0.4, 0.5) is 0 Å². The van der Waals surface area contributed by atoms with Crippen molar-refractivity contribution in [2.45, 2.75) is 6.92 Å². The van der Waals surface area contributed by atoms with E-state index >= 15 is 0 Å². The second-order valence-electron chi connectivity index (χ2n) is 1.79. The SMILES string of the molecule is C=C\C=C(N)/C=C\C=C/C. The molecule has 0 aliphatic carbocycles. The molecule has 0 saturated heterocycles. The summed E-state index contributed by atoms with van der Waals surface area (Å²) in [7, 11) is 0. The van der Waals surface area contributed by atoms with Crippen LogP contribution in [0.5, 0.6) is 0 Å². The second kappa shape index (κ2) is 5.89. The molecule has 0 saturated carbocycles. The van der Waals surface area contributed by atoms with Gasteiger partial charge in [-0.1, -0.05) is 30.9 Å². The maximum absolute atomic E-state index is 5.49. The minimum Gasteiger partial charge on any atom is -0.399 e. The lowest BCUT2D eigenvalue weighted by molar-refractivity contribution is 1.43. The van der Waals surface area contributed by atoms with Crippen LogP contribution in [0.25, 0.3) is 0 Å². The van der Waals surface area contributed by atoms with E-state index < -0.39 is 0 Å². The topological polar surface area (TPSA) is 26.0 Å². The fourth-order valence-corrected chi connectivity index (χ4v) is 0.469. The zero-order valence-electron chi connectivity index (χ0n) is 6.25. The number of allylic oxidation sites excluding steroid dienone is 6. The molecule has 0 aliphatic heterocycles. The normalized spacial score (nSPS) is 13.1. The van der Waals surface area contributed by atoms with Gasteiger partial charge >= 0.3 is 0 Å². The van der Waals surface area contributed by atoms with Crippen molar-refractivity contribution < 1.29 is 0 Å². The fraction of sp³-hybridized carbons (Fsp3) is 0.111. The first-order valence-corrected chi connectivity index (χ1v) is 3.18. The molecule has 10 heavy (non-hydrogen) atoms. The van der Waals surface area contributed by atoms with Gasteiger partial charge in [-0.3, -0.25) is 0 Å². The first-order valence-electron chi connectivity index (χ1n) is 3.18. The lowest BCUT2D eigenvalue weighted by Crippen LogP contribution is -1.90. The van der Waals surface area contributed by atoms with Crippen molar-refractivity contribution >= 4 is 0 Å². The molecule has 0 unspecified atom stereocenters. The van der Waals surface area contributed by atoms with Gasteiger partial charge < -0.3 is 5.73 Å². The first-order chi connectivity index (χ1) is 4.81. The summed E-state index contributed by atoms with van der Waals surface area (Å²) < 4.78 is 0. The molecule has 1 heteroatoms. The minimum absolute atomic E-state index is 0.716. The van der Waals surface area contributed by atoms with Gasteiger partial charge in [0.05, 0.1) is 0 Å². The summed E-state index contributed by atoms with van der Waals surface area (Å²) in [4.78, 5) is 0. The second-order valence-corrected chi connectivity index (χ2v) is 1.79. The van der Waals surface area contributed by atoms with Gasteiger partial charge in [0, 0.05) is 5.70 Å². The van der Waals surface area contributed by atoms with Crippen LogP contribution in [0.15, 0.2) is 48.7 Å². The Morgan fingerprint density at radius 2 is 2.10 bits per heavy atom. The van der Waals surface area contributed by atoms with Crippen LogP contribution < -0.4 is 5.73 Å². The monoisotopic (exact) mass is 135 g/mol. The van der Waals surface area contributed by atoms with E-state index in [2.05, 4.69) is 6.58 Å². The lowest BCUT2D eigenvalue weighted by atomic mass is 10.3. The van der Waals surface area contributed by atoms with Gasteiger partial charge in [0.15, 0.2) is 0 Å². The molecular formula is C9H13N. The predicted molar refractivity (Wildman–Crippen MR) is 46.4 cm³/mol. The quantitative estimate of drug-likeness (QED) is 0.589. The highest BCUT2D eigenvalue weighted by molar-refractivity contribution is 5.22. The molecule has 0 atom stereocenters. The van der Waals surface area contributed by atoms with Crippen LogP contribution in [0, 0.1) is 0 Å². The molecular weight excluding hydrogens is 122 g/mol. The number of rotatable bonds is 3. The van der Waals surface area contributed by atoms with Crippen molar-refractivity contribution in [1.29, 1.82) is 0 Å². The Morgan fingerprint density at radius 1 is 1.40 bits per heavy atom. The van der Waals surface area contributed by atoms with Crippen LogP contribution >= 0.6 is 0 Å². The molecule has 0 aromatic carbocycles. The Hall–Kier alpha value is -1.24. The van der Waals surface area contributed by atoms with Crippen molar-refractivity contribution in [2.75, 3.05) is 0 Å². The Morgan fingerprint density at radius 3 is 2.60 bits per heavy atom. The molecule has 0 fully saturated rings. The van der Waals surface area contributed by atoms with Crippen molar-refractivity contribution in [3.05, 3.63) is 48.7 Å². The summed E-state index contributed by atoms with van der Waals surface area (Å²) in [6, 6.07) is 0. The third-order valence-electron chi connectivity index (χ3n) is 0.903. The number of nitrogens with two attached hydrogens (primary N) is 1. The highest BCUT2D eigenvalue weighted by atomic mass is 14.5. The molecule has 2 N–H and O–H groups in total. The third-order valence-corrected chi connectivity index (χ3v) is 0.903. The van der Waals surface area contributed by atoms with Crippen molar-refractivity contribution in [2.24, 2.45) is 5.73 Å². The van der Waals surface area contributed by atoms with Crippen molar-refractivity contribution in [1.82, 2.24) is 0 Å². The van der Waals surface area contributed by atoms with Gasteiger partial charge in [0.2, 0.25) is 0 Å². The molecule has 0 aromatic rings. The van der Waals surface area contributed by atoms with Gasteiger partial charge in [0.1, 0.15) is 0 Å². The molecule has 1 nitrogen and oxygen atoms in total. The van der Waals surface area contributed by atoms with E-state index in [4.69, 9.17) is 5.73 Å². The summed E-state index contributed by atoms with van der Waals surface area (Å²) in [6.45, 7) is 5.48. The van der Waals surface area contributed by atoms with E-state index in [-0.39, 0.29) is 0 Å². The van der Waals surface area contributed by atoms with Gasteiger partial charge in [-0.15, -0.1) is 0 Å². The maximum Gasteiger partial charge on any atom is 0.0313 e. The minimum atomic E-state index is 0.716. The van der Waals surface area contributed by atoms with Gasteiger partial charge in [-0.05, 0) is 19.1 Å². The summed E-state index contributed by atoms with van der Waals surface area (Å²) >= 11 is 0. The summed E-state index contributed by atoms with van der Waals surface area (Å²) in [5.41, 5.74) is 6.21. The van der Waals surface area contributed by atoms with E-state index in [1.165, 1.54) is 0 Å². The van der Waals surface area contributed by atoms with Crippen molar-refractivity contribution in [3.8, 4) is 0 Å². The van der Waals surface area contributed by atoms with E-state index in [0.29, 0.717) is 5.70 Å². The highest BCUT2D eigenvalue weighted by Gasteiger charge is 1.73. The Bertz CT molecular complexity index is 173. The van der Waals surface area contributed by atoms with E-state index in [9.17, 15) is 0 Å². The van der Waals surface area contributed by atoms with Gasteiger partial charge in [0.25, 0.3) is 0 Å². The van der Waals surface area contributed by atoms with E-state index in [1.54, 1.807) is 12.2 Å². The summed E-state index contributed by atoms with van der Waals surface area (Å²) in [6.07, 6.45) is 11.0. The smallest absolute Gasteiger partial charge is 0.0313 e. The summed E-state index contributed by atoms with van der Waals surface area (Å²) in [5, 5.41) is 0. The lowest BCUT2D eigenvalue weighted by Gasteiger charge is -1.85. The molecule has 0 aromatic heterocycles. The van der Waals surface area contributed by atoms with Gasteiger partial charge in [-0.25, -0.2) is 0 Å². The Kier molecular flexibility index (Phi) is 5.16. The fourth-order valence-electron chi connectivity index (χ4n) is 0.469. The Balaban J connectivity index is 3.88. The molecule has 0 rings (SSSR count).